The molecule has 3 atom stereocenters. The summed E-state index contributed by atoms with van der Waals surface area (Å²) in [6, 6.07) is 33.6. The molecule has 7 heteroatoms. The Kier molecular flexibility index (Phi) is 5.59. The third-order valence-electron chi connectivity index (χ3n) is 6.85. The summed E-state index contributed by atoms with van der Waals surface area (Å²) in [5.41, 5.74) is 4.30. The number of nitro groups is 1. The standard InChI is InChI=1S/C29H22N2O4S/c32-28-25-14-8-7-11-22(25)19-36-29(28)26(20-15-17-24(18-16-20)31(33)34)27(21-9-3-1-4-10-21)30(35-29)23-12-5-2-6-13-23/h1-18,26-27H,19H2/t26-,27-,29?/m0/s1. The zero-order chi connectivity index (χ0) is 24.7. The molecule has 4 aromatic carbocycles. The van der Waals surface area contributed by atoms with E-state index in [-0.39, 0.29) is 17.5 Å². The first kappa shape index (κ1) is 22.5. The number of benzene rings is 4. The van der Waals surface area contributed by atoms with Crippen LogP contribution in [0.25, 0.3) is 0 Å². The van der Waals surface area contributed by atoms with Crippen LogP contribution < -0.4 is 5.06 Å². The van der Waals surface area contributed by atoms with Crippen LogP contribution in [0.2, 0.25) is 0 Å². The number of ketones is 1. The van der Waals surface area contributed by atoms with Crippen LogP contribution in [0.15, 0.2) is 109 Å². The van der Waals surface area contributed by atoms with Crippen LogP contribution in [0.1, 0.15) is 39.0 Å². The van der Waals surface area contributed by atoms with Crippen molar-refractivity contribution >= 4 is 28.9 Å². The van der Waals surface area contributed by atoms with Gasteiger partial charge in [-0.3, -0.25) is 14.9 Å². The number of hydrogen-bond donors (Lipinski definition) is 0. The lowest BCUT2D eigenvalue weighted by molar-refractivity contribution is -0.384. The molecule has 178 valence electrons. The molecule has 1 saturated heterocycles. The molecule has 0 radical (unpaired) electrons. The Morgan fingerprint density at radius 2 is 1.47 bits per heavy atom. The SMILES string of the molecule is O=C1c2ccccc2CSC12ON(c1ccccc1)[C@@H](c1ccccc1)[C@@H]2c1ccc([N+](=O)[O-])cc1. The van der Waals surface area contributed by atoms with Gasteiger partial charge in [0, 0.05) is 23.4 Å². The first-order chi connectivity index (χ1) is 17.6. The Balaban J connectivity index is 1.58. The highest BCUT2D eigenvalue weighted by molar-refractivity contribution is 8.00. The van der Waals surface area contributed by atoms with E-state index in [1.165, 1.54) is 23.9 Å². The molecule has 2 heterocycles. The van der Waals surface area contributed by atoms with Gasteiger partial charge < -0.3 is 0 Å². The zero-order valence-corrected chi connectivity index (χ0v) is 20.0. The lowest BCUT2D eigenvalue weighted by Crippen LogP contribution is -2.43. The minimum Gasteiger partial charge on any atom is -0.290 e. The van der Waals surface area contributed by atoms with Gasteiger partial charge in [-0.1, -0.05) is 84.9 Å². The molecule has 0 amide bonds. The van der Waals surface area contributed by atoms with E-state index in [9.17, 15) is 14.9 Å². The van der Waals surface area contributed by atoms with E-state index in [4.69, 9.17) is 4.84 Å². The van der Waals surface area contributed by atoms with E-state index in [1.807, 2.05) is 90.0 Å². The highest BCUT2D eigenvalue weighted by atomic mass is 32.2. The van der Waals surface area contributed by atoms with Gasteiger partial charge in [0.05, 0.1) is 22.6 Å². The predicted octanol–water partition coefficient (Wildman–Crippen LogP) is 6.70. The smallest absolute Gasteiger partial charge is 0.269 e. The molecule has 0 bridgehead atoms. The van der Waals surface area contributed by atoms with Crippen molar-refractivity contribution in [2.45, 2.75) is 22.6 Å². The van der Waals surface area contributed by atoms with Crippen LogP contribution in [0.4, 0.5) is 11.4 Å². The van der Waals surface area contributed by atoms with E-state index in [0.29, 0.717) is 11.3 Å². The molecule has 6 nitrogen and oxygen atoms in total. The van der Waals surface area contributed by atoms with Gasteiger partial charge in [0.25, 0.3) is 5.69 Å². The molecule has 1 spiro atoms. The largest absolute Gasteiger partial charge is 0.290 e. The monoisotopic (exact) mass is 494 g/mol. The number of anilines is 1. The van der Waals surface area contributed by atoms with Crippen molar-refractivity contribution in [3.05, 3.63) is 142 Å². The predicted molar refractivity (Wildman–Crippen MR) is 140 cm³/mol. The van der Waals surface area contributed by atoms with Gasteiger partial charge in [0.2, 0.25) is 10.7 Å². The number of fused-ring (bicyclic) bond motifs is 1. The normalized spacial score (nSPS) is 23.0. The molecule has 1 fully saturated rings. The minimum absolute atomic E-state index is 0.0101. The fourth-order valence-electron chi connectivity index (χ4n) is 5.18. The van der Waals surface area contributed by atoms with Crippen molar-refractivity contribution in [1.82, 2.24) is 0 Å². The van der Waals surface area contributed by atoms with Crippen molar-refractivity contribution in [2.75, 3.05) is 5.06 Å². The van der Waals surface area contributed by atoms with Crippen LogP contribution in [-0.4, -0.2) is 15.6 Å². The van der Waals surface area contributed by atoms with Crippen LogP contribution in [0.5, 0.6) is 0 Å². The molecule has 1 unspecified atom stereocenters. The first-order valence-corrected chi connectivity index (χ1v) is 12.7. The highest BCUT2D eigenvalue weighted by Crippen LogP contribution is 2.60. The van der Waals surface area contributed by atoms with Gasteiger partial charge in [0.15, 0.2) is 0 Å². The number of hydroxylamine groups is 1. The quantitative estimate of drug-likeness (QED) is 0.232. The Hall–Kier alpha value is -3.94. The number of carbonyl (C=O) groups excluding carboxylic acids is 1. The summed E-state index contributed by atoms with van der Waals surface area (Å²) < 4.78 is 0. The van der Waals surface area contributed by atoms with Crippen LogP contribution in [0.3, 0.4) is 0 Å². The zero-order valence-electron chi connectivity index (χ0n) is 19.2. The summed E-state index contributed by atoms with van der Waals surface area (Å²) >= 11 is 1.49. The first-order valence-electron chi connectivity index (χ1n) is 11.7. The number of thioether (sulfide) groups is 1. The number of rotatable bonds is 4. The van der Waals surface area contributed by atoms with Crippen LogP contribution >= 0.6 is 11.8 Å². The number of hydrogen-bond acceptors (Lipinski definition) is 6. The summed E-state index contributed by atoms with van der Waals surface area (Å²) in [5, 5.41) is 13.2. The summed E-state index contributed by atoms with van der Waals surface area (Å²) in [6.07, 6.45) is 0. The molecular weight excluding hydrogens is 472 g/mol. The van der Waals surface area contributed by atoms with Gasteiger partial charge >= 0.3 is 0 Å². The molecule has 0 N–H and O–H groups in total. The number of nitrogens with zero attached hydrogens (tertiary/aromatic N) is 2. The van der Waals surface area contributed by atoms with Gasteiger partial charge in [-0.25, -0.2) is 9.90 Å². The number of para-hydroxylation sites is 1. The fraction of sp³-hybridized carbons (Fsp3) is 0.138. The molecule has 0 aliphatic carbocycles. The van der Waals surface area contributed by atoms with E-state index in [0.717, 1.165) is 22.4 Å². The maximum Gasteiger partial charge on any atom is 0.269 e. The van der Waals surface area contributed by atoms with E-state index in [1.54, 1.807) is 12.1 Å². The Bertz CT molecular complexity index is 1430. The van der Waals surface area contributed by atoms with E-state index >= 15 is 0 Å². The Morgan fingerprint density at radius 3 is 2.17 bits per heavy atom. The Labute approximate surface area is 212 Å². The Morgan fingerprint density at radius 1 is 0.833 bits per heavy atom. The maximum atomic E-state index is 14.3. The van der Waals surface area contributed by atoms with Gasteiger partial charge in [-0.05, 0) is 28.8 Å². The topological polar surface area (TPSA) is 72.7 Å². The number of non-ortho nitro benzene ring substituents is 1. The van der Waals surface area contributed by atoms with Gasteiger partial charge in [0.1, 0.15) is 0 Å². The summed E-state index contributed by atoms with van der Waals surface area (Å²) in [5.74, 6) is 0.110. The van der Waals surface area contributed by atoms with Crippen LogP contribution in [0, 0.1) is 10.1 Å². The highest BCUT2D eigenvalue weighted by Gasteiger charge is 2.62. The van der Waals surface area contributed by atoms with Crippen molar-refractivity contribution in [1.29, 1.82) is 0 Å². The second-order valence-corrected chi connectivity index (χ2v) is 10.1. The number of Topliss-reactive ketones (excluding diaryl/α,β-unsaturated/α-hetero) is 1. The molecule has 4 aromatic rings. The lowest BCUT2D eigenvalue weighted by Gasteiger charge is -2.35. The molecule has 2 aliphatic heterocycles. The third kappa shape index (κ3) is 3.59. The average Bonchev–Trinajstić information content (AvgIpc) is 3.28. The molecule has 6 rings (SSSR count). The minimum atomic E-state index is -1.24. The fourth-order valence-corrected chi connectivity index (χ4v) is 6.62. The molecule has 0 saturated carbocycles. The average molecular weight is 495 g/mol. The summed E-state index contributed by atoms with van der Waals surface area (Å²) in [4.78, 5) is 30.8. The molecule has 36 heavy (non-hydrogen) atoms. The van der Waals surface area contributed by atoms with Crippen molar-refractivity contribution in [3.8, 4) is 0 Å². The third-order valence-corrected chi connectivity index (χ3v) is 8.25. The van der Waals surface area contributed by atoms with E-state index in [2.05, 4.69) is 0 Å². The van der Waals surface area contributed by atoms with Crippen molar-refractivity contribution < 1.29 is 14.6 Å². The van der Waals surface area contributed by atoms with Crippen LogP contribution in [-0.2, 0) is 10.6 Å². The maximum absolute atomic E-state index is 14.3. The summed E-state index contributed by atoms with van der Waals surface area (Å²) in [7, 11) is 0. The van der Waals surface area contributed by atoms with Crippen molar-refractivity contribution in [2.24, 2.45) is 0 Å². The number of carbonyl (C=O) groups is 1. The lowest BCUT2D eigenvalue weighted by atomic mass is 9.80. The van der Waals surface area contributed by atoms with E-state index < -0.39 is 15.8 Å². The molecular formula is C29H22N2O4S. The summed E-state index contributed by atoms with van der Waals surface area (Å²) in [6.45, 7) is 0. The number of nitro benzene ring substituents is 1. The molecule has 0 aromatic heterocycles. The van der Waals surface area contributed by atoms with Gasteiger partial charge in [-0.15, -0.1) is 11.8 Å². The van der Waals surface area contributed by atoms with Gasteiger partial charge in [-0.2, -0.15) is 0 Å². The van der Waals surface area contributed by atoms with Crippen molar-refractivity contribution in [3.63, 3.8) is 0 Å². The second-order valence-electron chi connectivity index (χ2n) is 8.88. The molecule has 2 aliphatic rings. The second kappa shape index (κ2) is 8.93.